The van der Waals surface area contributed by atoms with Gasteiger partial charge in [-0.05, 0) is 26.7 Å². The Labute approximate surface area is 56.2 Å². The quantitative estimate of drug-likeness (QED) is 0.535. The van der Waals surface area contributed by atoms with Crippen molar-refractivity contribution in [3.63, 3.8) is 0 Å². The molecule has 0 aromatic heterocycles. The molecule has 2 radical (unpaired) electrons. The van der Waals surface area contributed by atoms with Crippen molar-refractivity contribution < 1.29 is 9.53 Å². The number of unbranched alkanes of at least 4 members (excludes halogenated alkanes) is 1. The SMILES string of the molecule is [CH]CCCC(=O)OCC. The van der Waals surface area contributed by atoms with E-state index < -0.39 is 0 Å². The van der Waals surface area contributed by atoms with E-state index >= 15 is 0 Å². The maximum atomic E-state index is 10.5. The summed E-state index contributed by atoms with van der Waals surface area (Å²) in [6, 6.07) is 0. The Hall–Kier alpha value is -0.530. The maximum absolute atomic E-state index is 10.5. The number of esters is 1. The second-order valence-corrected chi connectivity index (χ2v) is 1.70. The van der Waals surface area contributed by atoms with E-state index in [0.717, 1.165) is 6.42 Å². The summed E-state index contributed by atoms with van der Waals surface area (Å²) in [4.78, 5) is 10.5. The zero-order valence-electron chi connectivity index (χ0n) is 5.72. The van der Waals surface area contributed by atoms with Crippen molar-refractivity contribution >= 4 is 5.97 Å². The van der Waals surface area contributed by atoms with Crippen molar-refractivity contribution in [2.45, 2.75) is 26.2 Å². The van der Waals surface area contributed by atoms with Gasteiger partial charge in [0, 0.05) is 6.42 Å². The predicted octanol–water partition coefficient (Wildman–Crippen LogP) is 1.43. The van der Waals surface area contributed by atoms with E-state index in [2.05, 4.69) is 4.74 Å². The van der Waals surface area contributed by atoms with E-state index in [4.69, 9.17) is 6.92 Å². The molecule has 0 aliphatic heterocycles. The van der Waals surface area contributed by atoms with Gasteiger partial charge in [0.25, 0.3) is 0 Å². The van der Waals surface area contributed by atoms with Gasteiger partial charge < -0.3 is 4.74 Å². The first kappa shape index (κ1) is 8.47. The van der Waals surface area contributed by atoms with Gasteiger partial charge >= 0.3 is 5.97 Å². The van der Waals surface area contributed by atoms with Crippen LogP contribution in [0.2, 0.25) is 0 Å². The third kappa shape index (κ3) is 5.34. The van der Waals surface area contributed by atoms with Gasteiger partial charge in [-0.15, -0.1) is 0 Å². The van der Waals surface area contributed by atoms with E-state index in [1.807, 2.05) is 0 Å². The van der Waals surface area contributed by atoms with Crippen LogP contribution in [0.1, 0.15) is 26.2 Å². The minimum atomic E-state index is -0.150. The lowest BCUT2D eigenvalue weighted by Crippen LogP contribution is -2.02. The van der Waals surface area contributed by atoms with Gasteiger partial charge in [0.2, 0.25) is 0 Å². The number of carbonyl (C=O) groups excluding carboxylic acids is 1. The van der Waals surface area contributed by atoms with Crippen LogP contribution in [0.25, 0.3) is 0 Å². The van der Waals surface area contributed by atoms with E-state index in [9.17, 15) is 4.79 Å². The fourth-order valence-electron chi connectivity index (χ4n) is 0.480. The highest BCUT2D eigenvalue weighted by Crippen LogP contribution is 1.94. The standard InChI is InChI=1S/C7H12O2/c1-3-5-6-7(8)9-4-2/h1H,3-6H2,2H3. The van der Waals surface area contributed by atoms with Gasteiger partial charge in [-0.1, -0.05) is 0 Å². The molecule has 0 aromatic rings. The molecule has 0 rings (SSSR count). The van der Waals surface area contributed by atoms with Crippen LogP contribution in [0.4, 0.5) is 0 Å². The smallest absolute Gasteiger partial charge is 0.305 e. The third-order valence-corrected chi connectivity index (χ3v) is 0.890. The Morgan fingerprint density at radius 2 is 2.33 bits per heavy atom. The molecule has 0 aliphatic rings. The lowest BCUT2D eigenvalue weighted by molar-refractivity contribution is -0.143. The molecule has 2 nitrogen and oxygen atoms in total. The molecule has 52 valence electrons. The summed E-state index contributed by atoms with van der Waals surface area (Å²) in [5.74, 6) is -0.150. The summed E-state index contributed by atoms with van der Waals surface area (Å²) < 4.78 is 4.65. The van der Waals surface area contributed by atoms with E-state index in [0.29, 0.717) is 19.4 Å². The topological polar surface area (TPSA) is 26.3 Å². The van der Waals surface area contributed by atoms with E-state index in [-0.39, 0.29) is 5.97 Å². The lowest BCUT2D eigenvalue weighted by atomic mass is 10.3. The molecule has 0 heterocycles. The van der Waals surface area contributed by atoms with Gasteiger partial charge in [0.15, 0.2) is 0 Å². The van der Waals surface area contributed by atoms with Gasteiger partial charge in [-0.2, -0.15) is 0 Å². The molecular formula is C7H12O2. The molecule has 2 heteroatoms. The minimum absolute atomic E-state index is 0.150. The summed E-state index contributed by atoms with van der Waals surface area (Å²) in [5, 5.41) is 0. The molecule has 0 saturated heterocycles. The van der Waals surface area contributed by atoms with Crippen LogP contribution in [0.5, 0.6) is 0 Å². The highest BCUT2D eigenvalue weighted by atomic mass is 16.5. The Kier molecular flexibility index (Phi) is 5.27. The number of ether oxygens (including phenoxy) is 1. The molecule has 0 aliphatic carbocycles. The molecule has 0 saturated carbocycles. The summed E-state index contributed by atoms with van der Waals surface area (Å²) in [6.45, 7) is 7.42. The molecule has 0 aromatic carbocycles. The highest BCUT2D eigenvalue weighted by molar-refractivity contribution is 5.69. The van der Waals surface area contributed by atoms with Gasteiger partial charge in [-0.25, -0.2) is 0 Å². The fourth-order valence-corrected chi connectivity index (χ4v) is 0.480. The van der Waals surface area contributed by atoms with E-state index in [1.165, 1.54) is 0 Å². The second-order valence-electron chi connectivity index (χ2n) is 1.70. The van der Waals surface area contributed by atoms with Gasteiger partial charge in [-0.3, -0.25) is 4.79 Å². The Bertz CT molecular complexity index is 79.0. The van der Waals surface area contributed by atoms with Crippen molar-refractivity contribution in [2.24, 2.45) is 0 Å². The van der Waals surface area contributed by atoms with Crippen molar-refractivity contribution in [1.82, 2.24) is 0 Å². The molecule has 9 heavy (non-hydrogen) atoms. The average molecular weight is 128 g/mol. The first-order valence-electron chi connectivity index (χ1n) is 3.17. The summed E-state index contributed by atoms with van der Waals surface area (Å²) in [6.07, 6.45) is 1.72. The normalized spacial score (nSPS) is 9.11. The number of hydrogen-bond acceptors (Lipinski definition) is 2. The zero-order chi connectivity index (χ0) is 7.11. The van der Waals surface area contributed by atoms with Crippen LogP contribution in [0.15, 0.2) is 0 Å². The predicted molar refractivity (Wildman–Crippen MR) is 34.8 cm³/mol. The summed E-state index contributed by atoms with van der Waals surface area (Å²) in [5.41, 5.74) is 0. The lowest BCUT2D eigenvalue weighted by Gasteiger charge is -1.97. The van der Waals surface area contributed by atoms with Crippen molar-refractivity contribution in [1.29, 1.82) is 0 Å². The van der Waals surface area contributed by atoms with Crippen LogP contribution in [-0.4, -0.2) is 12.6 Å². The van der Waals surface area contributed by atoms with Crippen LogP contribution in [-0.2, 0) is 9.53 Å². The molecular weight excluding hydrogens is 116 g/mol. The van der Waals surface area contributed by atoms with Crippen LogP contribution in [0, 0.1) is 6.92 Å². The second kappa shape index (κ2) is 5.60. The minimum Gasteiger partial charge on any atom is -0.466 e. The molecule has 0 bridgehead atoms. The number of hydrogen-bond donors (Lipinski definition) is 0. The first-order chi connectivity index (χ1) is 4.31. The molecule has 0 N–H and O–H groups in total. The maximum Gasteiger partial charge on any atom is 0.305 e. The molecule has 0 spiro atoms. The van der Waals surface area contributed by atoms with Crippen molar-refractivity contribution in [3.05, 3.63) is 6.92 Å². The summed E-state index contributed by atoms with van der Waals surface area (Å²) >= 11 is 0. The first-order valence-corrected chi connectivity index (χ1v) is 3.17. The van der Waals surface area contributed by atoms with Gasteiger partial charge in [0.05, 0.1) is 6.61 Å². The van der Waals surface area contributed by atoms with Crippen molar-refractivity contribution in [2.75, 3.05) is 6.61 Å². The van der Waals surface area contributed by atoms with Crippen LogP contribution < -0.4 is 0 Å². The number of carbonyl (C=O) groups is 1. The Balaban J connectivity index is 3.06. The third-order valence-electron chi connectivity index (χ3n) is 0.890. The molecule has 0 unspecified atom stereocenters. The molecule has 0 atom stereocenters. The Morgan fingerprint density at radius 3 is 2.78 bits per heavy atom. The van der Waals surface area contributed by atoms with Gasteiger partial charge in [0.1, 0.15) is 0 Å². The monoisotopic (exact) mass is 128 g/mol. The average Bonchev–Trinajstić information content (AvgIpc) is 1.85. The van der Waals surface area contributed by atoms with Crippen LogP contribution >= 0.6 is 0 Å². The zero-order valence-corrected chi connectivity index (χ0v) is 5.72. The largest absolute Gasteiger partial charge is 0.466 e. The highest BCUT2D eigenvalue weighted by Gasteiger charge is 1.97. The molecule has 0 fully saturated rings. The number of rotatable bonds is 4. The molecule has 0 amide bonds. The summed E-state index contributed by atoms with van der Waals surface area (Å²) in [7, 11) is 0. The van der Waals surface area contributed by atoms with E-state index in [1.54, 1.807) is 6.92 Å². The Morgan fingerprint density at radius 1 is 1.67 bits per heavy atom. The fraction of sp³-hybridized carbons (Fsp3) is 0.714. The van der Waals surface area contributed by atoms with Crippen molar-refractivity contribution in [3.8, 4) is 0 Å². The van der Waals surface area contributed by atoms with Crippen LogP contribution in [0.3, 0.4) is 0 Å².